The molecule has 0 aliphatic rings. The Morgan fingerprint density at radius 1 is 1.11 bits per heavy atom. The van der Waals surface area contributed by atoms with E-state index >= 15 is 0 Å². The summed E-state index contributed by atoms with van der Waals surface area (Å²) in [5, 5.41) is 12.2. The van der Waals surface area contributed by atoms with Gasteiger partial charge in [0, 0.05) is 29.1 Å². The van der Waals surface area contributed by atoms with Crippen LogP contribution in [0.15, 0.2) is 72.1 Å². The minimum Gasteiger partial charge on any atom is -0.497 e. The summed E-state index contributed by atoms with van der Waals surface area (Å²) in [7, 11) is 3.25. The van der Waals surface area contributed by atoms with Gasteiger partial charge in [-0.25, -0.2) is 4.98 Å². The number of nitriles is 1. The Hall–Kier alpha value is -3.52. The van der Waals surface area contributed by atoms with Crippen LogP contribution in [0.2, 0.25) is 0 Å². The highest BCUT2D eigenvalue weighted by molar-refractivity contribution is 5.68. The normalized spacial score (nSPS) is 11.9. The van der Waals surface area contributed by atoms with Gasteiger partial charge < -0.3 is 14.8 Å². The van der Waals surface area contributed by atoms with Gasteiger partial charge in [0.25, 0.3) is 0 Å². The van der Waals surface area contributed by atoms with Crippen LogP contribution in [0, 0.1) is 11.3 Å². The zero-order valence-electron chi connectivity index (χ0n) is 16.0. The quantitative estimate of drug-likeness (QED) is 0.548. The molecule has 0 amide bonds. The van der Waals surface area contributed by atoms with Crippen LogP contribution in [0.3, 0.4) is 0 Å². The fourth-order valence-electron chi connectivity index (χ4n) is 2.50. The molecule has 5 nitrogen and oxygen atoms in total. The highest BCUT2D eigenvalue weighted by atomic mass is 16.5. The van der Waals surface area contributed by atoms with Crippen molar-refractivity contribution in [2.24, 2.45) is 0 Å². The first-order chi connectivity index (χ1) is 13.0. The van der Waals surface area contributed by atoms with Crippen molar-refractivity contribution in [1.82, 2.24) is 4.98 Å². The number of ether oxygens (including phenoxy) is 2. The molecule has 27 heavy (non-hydrogen) atoms. The number of anilines is 1. The van der Waals surface area contributed by atoms with Crippen molar-refractivity contribution in [3.63, 3.8) is 0 Å². The third-order valence-corrected chi connectivity index (χ3v) is 3.95. The van der Waals surface area contributed by atoms with E-state index in [0.717, 1.165) is 33.9 Å². The zero-order valence-corrected chi connectivity index (χ0v) is 16.0. The van der Waals surface area contributed by atoms with Crippen molar-refractivity contribution >= 4 is 5.82 Å². The molecule has 0 aliphatic carbocycles. The number of hydrogen-bond acceptors (Lipinski definition) is 5. The topological polar surface area (TPSA) is 67.2 Å². The van der Waals surface area contributed by atoms with Crippen LogP contribution in [0.4, 0.5) is 5.82 Å². The summed E-state index contributed by atoms with van der Waals surface area (Å²) in [6.07, 6.45) is 5.29. The Morgan fingerprint density at radius 2 is 1.78 bits per heavy atom. The van der Waals surface area contributed by atoms with Crippen LogP contribution >= 0.6 is 0 Å². The average molecular weight is 361 g/mol. The third-order valence-electron chi connectivity index (χ3n) is 3.95. The summed E-state index contributed by atoms with van der Waals surface area (Å²) in [6.45, 7) is 7.51. The first-order valence-corrected chi connectivity index (χ1v) is 8.39. The molecule has 1 heterocycles. The van der Waals surface area contributed by atoms with Crippen LogP contribution in [0.5, 0.6) is 11.5 Å². The molecule has 1 N–H and O–H groups in total. The largest absolute Gasteiger partial charge is 0.497 e. The highest BCUT2D eigenvalue weighted by Crippen LogP contribution is 2.29. The van der Waals surface area contributed by atoms with Gasteiger partial charge in [-0.2, -0.15) is 5.26 Å². The first-order valence-electron chi connectivity index (χ1n) is 8.39. The predicted molar refractivity (Wildman–Crippen MR) is 109 cm³/mol. The van der Waals surface area contributed by atoms with Crippen LogP contribution in [0.25, 0.3) is 11.1 Å². The van der Waals surface area contributed by atoms with Gasteiger partial charge in [0.05, 0.1) is 20.3 Å². The maximum atomic E-state index is 8.92. The molecule has 0 bridgehead atoms. The van der Waals surface area contributed by atoms with E-state index in [0.29, 0.717) is 11.4 Å². The van der Waals surface area contributed by atoms with Gasteiger partial charge in [-0.05, 0) is 61.4 Å². The summed E-state index contributed by atoms with van der Waals surface area (Å²) < 4.78 is 10.6. The lowest BCUT2D eigenvalue weighted by atomic mass is 10.1. The molecule has 2 rings (SSSR count). The summed E-state index contributed by atoms with van der Waals surface area (Å²) in [4.78, 5) is 4.48. The van der Waals surface area contributed by atoms with Gasteiger partial charge in [-0.1, -0.05) is 6.58 Å². The lowest BCUT2D eigenvalue weighted by Gasteiger charge is -2.11. The van der Waals surface area contributed by atoms with Gasteiger partial charge in [0.15, 0.2) is 0 Å². The molecule has 5 heteroatoms. The number of rotatable bonds is 7. The lowest BCUT2D eigenvalue weighted by molar-refractivity contribution is 0.394. The second-order valence-electron chi connectivity index (χ2n) is 5.90. The Morgan fingerprint density at radius 3 is 2.26 bits per heavy atom. The van der Waals surface area contributed by atoms with E-state index < -0.39 is 0 Å². The van der Waals surface area contributed by atoms with Crippen molar-refractivity contribution in [3.8, 4) is 28.7 Å². The fraction of sp³-hybridized carbons (Fsp3) is 0.182. The minimum atomic E-state index is 0.629. The SMILES string of the molecule is C=C/C(Nc1ccc(-c2cc(OC)cc(OC)c2)cn1)=C(C)\C=C(/C)C#N. The maximum absolute atomic E-state index is 8.92. The Kier molecular flexibility index (Phi) is 6.79. The van der Waals surface area contributed by atoms with E-state index in [1.807, 2.05) is 37.3 Å². The van der Waals surface area contributed by atoms with Gasteiger partial charge in [0.2, 0.25) is 0 Å². The Balaban J connectivity index is 2.29. The molecule has 138 valence electrons. The number of allylic oxidation sites excluding steroid dienone is 4. The molecule has 1 aromatic heterocycles. The second-order valence-corrected chi connectivity index (χ2v) is 5.90. The monoisotopic (exact) mass is 361 g/mol. The molecule has 0 aliphatic heterocycles. The van der Waals surface area contributed by atoms with Crippen molar-refractivity contribution in [2.45, 2.75) is 13.8 Å². The minimum absolute atomic E-state index is 0.629. The van der Waals surface area contributed by atoms with Crippen molar-refractivity contribution in [2.75, 3.05) is 19.5 Å². The fourth-order valence-corrected chi connectivity index (χ4v) is 2.50. The molecule has 0 fully saturated rings. The predicted octanol–water partition coefficient (Wildman–Crippen LogP) is 5.11. The zero-order chi connectivity index (χ0) is 19.8. The molecule has 0 atom stereocenters. The van der Waals surface area contributed by atoms with Gasteiger partial charge in [0.1, 0.15) is 17.3 Å². The van der Waals surface area contributed by atoms with Crippen LogP contribution in [0.1, 0.15) is 13.8 Å². The number of methoxy groups -OCH3 is 2. The summed E-state index contributed by atoms with van der Waals surface area (Å²) in [6, 6.07) is 11.7. The molecular formula is C22H23N3O2. The molecule has 1 aromatic carbocycles. The van der Waals surface area contributed by atoms with E-state index in [1.54, 1.807) is 39.5 Å². The van der Waals surface area contributed by atoms with E-state index in [4.69, 9.17) is 14.7 Å². The maximum Gasteiger partial charge on any atom is 0.130 e. The molecule has 0 unspecified atom stereocenters. The number of nitrogens with zero attached hydrogens (tertiary/aromatic N) is 2. The van der Waals surface area contributed by atoms with Crippen molar-refractivity contribution < 1.29 is 9.47 Å². The van der Waals surface area contributed by atoms with Crippen LogP contribution in [-0.2, 0) is 0 Å². The number of hydrogen-bond donors (Lipinski definition) is 1. The number of aromatic nitrogens is 1. The van der Waals surface area contributed by atoms with Crippen LogP contribution in [-0.4, -0.2) is 19.2 Å². The van der Waals surface area contributed by atoms with E-state index in [2.05, 4.69) is 22.9 Å². The summed E-state index contributed by atoms with van der Waals surface area (Å²) >= 11 is 0. The average Bonchev–Trinajstić information content (AvgIpc) is 2.71. The van der Waals surface area contributed by atoms with Gasteiger partial charge in [-0.15, -0.1) is 0 Å². The molecule has 0 radical (unpaired) electrons. The third kappa shape index (κ3) is 5.23. The van der Waals surface area contributed by atoms with Crippen molar-refractivity contribution in [1.29, 1.82) is 5.26 Å². The van der Waals surface area contributed by atoms with Gasteiger partial charge in [-0.3, -0.25) is 0 Å². The molecule has 0 saturated heterocycles. The standard InChI is InChI=1S/C22H23N3O2/c1-6-21(16(3)9-15(2)13-23)25-22-8-7-17(14-24-22)18-10-19(26-4)12-20(11-18)27-5/h6-12,14H,1H2,2-5H3,(H,24,25)/b15-9+,21-16+. The van der Waals surface area contributed by atoms with E-state index in [1.165, 1.54) is 0 Å². The second kappa shape index (κ2) is 9.25. The molecule has 0 saturated carbocycles. The highest BCUT2D eigenvalue weighted by Gasteiger charge is 2.06. The molecular weight excluding hydrogens is 338 g/mol. The number of nitrogens with one attached hydrogen (secondary N) is 1. The summed E-state index contributed by atoms with van der Waals surface area (Å²) in [5.41, 5.74) is 4.23. The molecule has 2 aromatic rings. The number of benzene rings is 1. The smallest absolute Gasteiger partial charge is 0.130 e. The first kappa shape index (κ1) is 19.8. The van der Waals surface area contributed by atoms with Crippen molar-refractivity contribution in [3.05, 3.63) is 72.1 Å². The Bertz CT molecular complexity index is 897. The van der Waals surface area contributed by atoms with Crippen LogP contribution < -0.4 is 14.8 Å². The van der Waals surface area contributed by atoms with E-state index in [9.17, 15) is 0 Å². The lowest BCUT2D eigenvalue weighted by Crippen LogP contribution is -2.01. The molecule has 0 spiro atoms. The number of pyridine rings is 1. The summed E-state index contributed by atoms with van der Waals surface area (Å²) in [5.74, 6) is 2.13. The van der Waals surface area contributed by atoms with Gasteiger partial charge >= 0.3 is 0 Å². The van der Waals surface area contributed by atoms with E-state index in [-0.39, 0.29) is 0 Å². The Labute approximate surface area is 160 Å².